The minimum Gasteiger partial charge on any atom is -0.494 e. The first-order chi connectivity index (χ1) is 15.3. The van der Waals surface area contributed by atoms with Crippen LogP contribution in [0.1, 0.15) is 41.8 Å². The Morgan fingerprint density at radius 2 is 1.88 bits per heavy atom. The Morgan fingerprint density at radius 1 is 1.16 bits per heavy atom. The zero-order valence-electron chi connectivity index (χ0n) is 18.0. The van der Waals surface area contributed by atoms with Gasteiger partial charge < -0.3 is 10.1 Å². The lowest BCUT2D eigenvalue weighted by Crippen LogP contribution is -2.14. The van der Waals surface area contributed by atoms with Gasteiger partial charge in [0, 0.05) is 24.4 Å². The summed E-state index contributed by atoms with van der Waals surface area (Å²) in [5.74, 6) is -0.329. The SMILES string of the molecule is CCC(=O)c1cc(CCc2cnc(Nc3cnn(S(=O)(=O)CC)c3)nc2)c(F)c(OC)c1. The van der Waals surface area contributed by atoms with Crippen molar-refractivity contribution in [3.63, 3.8) is 0 Å². The second kappa shape index (κ2) is 9.86. The van der Waals surface area contributed by atoms with Gasteiger partial charge in [0.2, 0.25) is 5.95 Å². The highest BCUT2D eigenvalue weighted by Gasteiger charge is 2.15. The van der Waals surface area contributed by atoms with Gasteiger partial charge >= 0.3 is 0 Å². The average Bonchev–Trinajstić information content (AvgIpc) is 3.28. The Kier molecular flexibility index (Phi) is 7.18. The lowest BCUT2D eigenvalue weighted by atomic mass is 10.00. The summed E-state index contributed by atoms with van der Waals surface area (Å²) >= 11 is 0. The van der Waals surface area contributed by atoms with Gasteiger partial charge in [-0.25, -0.2) is 22.8 Å². The predicted octanol–water partition coefficient (Wildman–Crippen LogP) is 3.14. The number of aryl methyl sites for hydroxylation is 2. The quantitative estimate of drug-likeness (QED) is 0.458. The van der Waals surface area contributed by atoms with E-state index in [1.807, 2.05) is 0 Å². The molecule has 3 rings (SSSR count). The number of Topliss-reactive ketones (excluding diaryl/α,β-unsaturated/α-hetero) is 1. The molecule has 0 aliphatic carbocycles. The van der Waals surface area contributed by atoms with Crippen molar-refractivity contribution in [1.82, 2.24) is 19.2 Å². The molecule has 1 N–H and O–H groups in total. The van der Waals surface area contributed by atoms with E-state index in [1.54, 1.807) is 25.4 Å². The summed E-state index contributed by atoms with van der Waals surface area (Å²) in [6.07, 6.45) is 7.01. The van der Waals surface area contributed by atoms with Crippen LogP contribution in [-0.2, 0) is 22.9 Å². The topological polar surface area (TPSA) is 116 Å². The number of carbonyl (C=O) groups excluding carboxylic acids is 1. The van der Waals surface area contributed by atoms with Crippen LogP contribution in [0.15, 0.2) is 36.9 Å². The zero-order valence-corrected chi connectivity index (χ0v) is 18.8. The molecular formula is C21H24FN5O4S. The summed E-state index contributed by atoms with van der Waals surface area (Å²) in [5.41, 5.74) is 2.00. The molecule has 0 spiro atoms. The second-order valence-corrected chi connectivity index (χ2v) is 9.09. The molecule has 32 heavy (non-hydrogen) atoms. The van der Waals surface area contributed by atoms with Crippen LogP contribution >= 0.6 is 0 Å². The van der Waals surface area contributed by atoms with Crippen LogP contribution < -0.4 is 10.1 Å². The van der Waals surface area contributed by atoms with Crippen molar-refractivity contribution in [3.8, 4) is 5.75 Å². The van der Waals surface area contributed by atoms with E-state index in [2.05, 4.69) is 20.4 Å². The molecule has 170 valence electrons. The summed E-state index contributed by atoms with van der Waals surface area (Å²) < 4.78 is 44.2. The van der Waals surface area contributed by atoms with Crippen molar-refractivity contribution in [2.45, 2.75) is 33.1 Å². The summed E-state index contributed by atoms with van der Waals surface area (Å²) in [6.45, 7) is 3.28. The Balaban J connectivity index is 1.69. The summed E-state index contributed by atoms with van der Waals surface area (Å²) in [6, 6.07) is 2.98. The molecule has 0 aliphatic rings. The molecular weight excluding hydrogens is 437 g/mol. The van der Waals surface area contributed by atoms with Gasteiger partial charge in [0.1, 0.15) is 0 Å². The number of halogens is 1. The normalized spacial score (nSPS) is 11.4. The first-order valence-corrected chi connectivity index (χ1v) is 11.6. The maximum Gasteiger partial charge on any atom is 0.253 e. The Labute approximate surface area is 185 Å². The van der Waals surface area contributed by atoms with Gasteiger partial charge in [0.05, 0.1) is 30.9 Å². The first kappa shape index (κ1) is 23.3. The molecule has 2 heterocycles. The number of hydrogen-bond donors (Lipinski definition) is 1. The molecule has 0 atom stereocenters. The number of rotatable bonds is 10. The number of anilines is 2. The minimum absolute atomic E-state index is 0.0423. The molecule has 0 radical (unpaired) electrons. The van der Waals surface area contributed by atoms with Crippen LogP contribution in [0.2, 0.25) is 0 Å². The number of hydrogen-bond acceptors (Lipinski definition) is 8. The first-order valence-electron chi connectivity index (χ1n) is 10.0. The lowest BCUT2D eigenvalue weighted by Gasteiger charge is -2.11. The van der Waals surface area contributed by atoms with Crippen LogP contribution in [-0.4, -0.2) is 46.2 Å². The highest BCUT2D eigenvalue weighted by Crippen LogP contribution is 2.25. The van der Waals surface area contributed by atoms with Gasteiger partial charge in [-0.1, -0.05) is 6.92 Å². The number of ketones is 1. The third kappa shape index (κ3) is 5.28. The van der Waals surface area contributed by atoms with E-state index >= 15 is 0 Å². The van der Waals surface area contributed by atoms with Crippen molar-refractivity contribution in [3.05, 3.63) is 59.4 Å². The maximum absolute atomic E-state index is 14.6. The fourth-order valence-corrected chi connectivity index (χ4v) is 3.69. The van der Waals surface area contributed by atoms with Crippen molar-refractivity contribution in [2.75, 3.05) is 18.2 Å². The number of benzene rings is 1. The van der Waals surface area contributed by atoms with E-state index in [1.165, 1.54) is 32.5 Å². The smallest absolute Gasteiger partial charge is 0.253 e. The van der Waals surface area contributed by atoms with Gasteiger partial charge in [-0.15, -0.1) is 0 Å². The highest BCUT2D eigenvalue weighted by atomic mass is 32.2. The van der Waals surface area contributed by atoms with Gasteiger partial charge in [-0.3, -0.25) is 4.79 Å². The van der Waals surface area contributed by atoms with E-state index < -0.39 is 15.8 Å². The Morgan fingerprint density at radius 3 is 2.50 bits per heavy atom. The molecule has 0 unspecified atom stereocenters. The number of methoxy groups -OCH3 is 1. The van der Waals surface area contributed by atoms with Crippen LogP contribution in [0.3, 0.4) is 0 Å². The molecule has 1 aromatic carbocycles. The lowest BCUT2D eigenvalue weighted by molar-refractivity contribution is 0.0987. The predicted molar refractivity (Wildman–Crippen MR) is 117 cm³/mol. The van der Waals surface area contributed by atoms with Crippen LogP contribution in [0, 0.1) is 5.82 Å². The van der Waals surface area contributed by atoms with E-state index in [-0.39, 0.29) is 23.2 Å². The molecule has 0 amide bonds. The molecule has 9 nitrogen and oxygen atoms in total. The Bertz CT molecular complexity index is 1210. The third-order valence-corrected chi connectivity index (χ3v) is 6.33. The standard InChI is InChI=1S/C21H24FN5O4S/c1-4-18(28)16-8-15(20(22)19(9-16)31-3)7-6-14-10-23-21(24-11-14)26-17-12-25-27(13-17)32(29,30)5-2/h8-13H,4-7H2,1-3H3,(H,23,24,26). The van der Waals surface area contributed by atoms with Crippen molar-refractivity contribution < 1.29 is 22.3 Å². The number of ether oxygens (including phenoxy) is 1. The van der Waals surface area contributed by atoms with Gasteiger partial charge in [0.15, 0.2) is 17.3 Å². The average molecular weight is 462 g/mol. The molecule has 0 saturated heterocycles. The van der Waals surface area contributed by atoms with Gasteiger partial charge in [-0.05, 0) is 43.0 Å². The summed E-state index contributed by atoms with van der Waals surface area (Å²) in [7, 11) is -2.10. The second-order valence-electron chi connectivity index (χ2n) is 6.97. The molecule has 0 aliphatic heterocycles. The van der Waals surface area contributed by atoms with Crippen LogP contribution in [0.5, 0.6) is 5.75 Å². The zero-order chi connectivity index (χ0) is 23.3. The van der Waals surface area contributed by atoms with Crippen molar-refractivity contribution >= 4 is 27.4 Å². The molecule has 2 aromatic heterocycles. The van der Waals surface area contributed by atoms with E-state index in [9.17, 15) is 17.6 Å². The number of nitrogens with one attached hydrogen (secondary N) is 1. The van der Waals surface area contributed by atoms with Crippen molar-refractivity contribution in [2.24, 2.45) is 0 Å². The van der Waals surface area contributed by atoms with E-state index in [0.717, 1.165) is 9.65 Å². The van der Waals surface area contributed by atoms with Crippen LogP contribution in [0.25, 0.3) is 0 Å². The molecule has 0 saturated carbocycles. The highest BCUT2D eigenvalue weighted by molar-refractivity contribution is 7.89. The minimum atomic E-state index is -3.46. The van der Waals surface area contributed by atoms with Gasteiger partial charge in [-0.2, -0.15) is 9.19 Å². The summed E-state index contributed by atoms with van der Waals surface area (Å²) in [5, 5.41) is 6.71. The Hall–Kier alpha value is -3.34. The van der Waals surface area contributed by atoms with E-state index in [0.29, 0.717) is 36.1 Å². The number of nitrogens with zero attached hydrogens (tertiary/aromatic N) is 4. The third-order valence-electron chi connectivity index (χ3n) is 4.83. The number of carbonyl (C=O) groups is 1. The van der Waals surface area contributed by atoms with Crippen LogP contribution in [0.4, 0.5) is 16.0 Å². The molecule has 3 aromatic rings. The monoisotopic (exact) mass is 461 g/mol. The fourth-order valence-electron chi connectivity index (χ4n) is 2.96. The molecule has 0 bridgehead atoms. The van der Waals surface area contributed by atoms with E-state index in [4.69, 9.17) is 4.74 Å². The fraction of sp³-hybridized carbons (Fsp3) is 0.333. The maximum atomic E-state index is 14.6. The van der Waals surface area contributed by atoms with Crippen molar-refractivity contribution in [1.29, 1.82) is 0 Å². The summed E-state index contributed by atoms with van der Waals surface area (Å²) in [4.78, 5) is 20.5. The molecule has 0 fully saturated rings. The largest absolute Gasteiger partial charge is 0.494 e. The van der Waals surface area contributed by atoms with Gasteiger partial charge in [0.25, 0.3) is 10.0 Å². The molecule has 11 heteroatoms. The number of aromatic nitrogens is 4.